The van der Waals surface area contributed by atoms with Gasteiger partial charge >= 0.3 is 0 Å². The number of aliphatic imine (C=N–C) groups is 1. The minimum Gasteiger partial charge on any atom is -0.339 e. The number of fused-ring (bicyclic) bond motifs is 1. The van der Waals surface area contributed by atoms with Gasteiger partial charge in [0, 0.05) is 16.7 Å². The maximum atomic E-state index is 13.2. The Morgan fingerprint density at radius 2 is 1.53 bits per heavy atom. The quantitative estimate of drug-likeness (QED) is 0.425. The monoisotopic (exact) mass is 453 g/mol. The van der Waals surface area contributed by atoms with Gasteiger partial charge < -0.3 is 10.6 Å². The first-order chi connectivity index (χ1) is 16.7. The van der Waals surface area contributed by atoms with Crippen molar-refractivity contribution in [3.63, 3.8) is 0 Å². The molecule has 1 aliphatic rings. The highest BCUT2D eigenvalue weighted by Crippen LogP contribution is 2.25. The molecule has 1 aromatic heterocycles. The van der Waals surface area contributed by atoms with Gasteiger partial charge in [-0.15, -0.1) is 0 Å². The maximum absolute atomic E-state index is 13.2. The van der Waals surface area contributed by atoms with E-state index in [-0.39, 0.29) is 11.7 Å². The van der Waals surface area contributed by atoms with Gasteiger partial charge in [0.05, 0.1) is 29.5 Å². The van der Waals surface area contributed by atoms with Crippen LogP contribution < -0.4 is 10.6 Å². The molecule has 34 heavy (non-hydrogen) atoms. The number of hydrogen-bond donors (Lipinski definition) is 2. The van der Waals surface area contributed by atoms with Crippen LogP contribution in [-0.4, -0.2) is 27.8 Å². The van der Waals surface area contributed by atoms with Crippen molar-refractivity contribution in [2.45, 2.75) is 20.0 Å². The van der Waals surface area contributed by atoms with E-state index in [1.165, 1.54) is 18.3 Å². The third kappa shape index (κ3) is 4.99. The van der Waals surface area contributed by atoms with Gasteiger partial charge in [-0.25, -0.2) is 14.4 Å². The molecule has 3 aromatic carbocycles. The number of nitrogens with one attached hydrogen (secondary N) is 2. The molecule has 0 aliphatic carbocycles. The molecule has 2 heterocycles. The average Bonchev–Trinajstić information content (AvgIpc) is 3.03. The van der Waals surface area contributed by atoms with Crippen LogP contribution in [0.5, 0.6) is 0 Å². The van der Waals surface area contributed by atoms with Crippen LogP contribution >= 0.6 is 0 Å². The summed E-state index contributed by atoms with van der Waals surface area (Å²) in [6.45, 7) is 4.00. The minimum absolute atomic E-state index is 0.298. The number of halogens is 1. The molecule has 6 nitrogen and oxygen atoms in total. The van der Waals surface area contributed by atoms with Crippen molar-refractivity contribution in [2.24, 2.45) is 4.99 Å². The van der Waals surface area contributed by atoms with Crippen LogP contribution in [0.3, 0.4) is 0 Å². The predicted octanol–water partition coefficient (Wildman–Crippen LogP) is 5.54. The summed E-state index contributed by atoms with van der Waals surface area (Å²) in [6, 6.07) is 23.3. The molecule has 2 N–H and O–H groups in total. The number of aromatic nitrogens is 2. The van der Waals surface area contributed by atoms with Crippen molar-refractivity contribution >= 4 is 23.1 Å². The number of benzodiazepines with no additional fused rings is 1. The van der Waals surface area contributed by atoms with Gasteiger partial charge in [-0.2, -0.15) is 0 Å². The molecule has 4 aromatic rings. The smallest absolute Gasteiger partial charge is 0.269 e. The highest BCUT2D eigenvalue weighted by Gasteiger charge is 2.26. The van der Waals surface area contributed by atoms with E-state index in [1.54, 1.807) is 18.3 Å². The summed E-state index contributed by atoms with van der Waals surface area (Å²) in [5.41, 5.74) is 4.49. The second-order valence-electron chi connectivity index (χ2n) is 7.22. The summed E-state index contributed by atoms with van der Waals surface area (Å²) in [7, 11) is 0. The molecule has 7 heteroatoms. The van der Waals surface area contributed by atoms with E-state index in [4.69, 9.17) is 4.99 Å². The van der Waals surface area contributed by atoms with Gasteiger partial charge in [0.2, 0.25) is 6.17 Å². The number of carbonyl (C=O) groups is 1. The Morgan fingerprint density at radius 1 is 0.824 bits per heavy atom. The molecule has 0 saturated carbocycles. The normalized spacial score (nSPS) is 14.5. The fraction of sp³-hybridized carbons (Fsp3) is 0.111. The van der Waals surface area contributed by atoms with Crippen molar-refractivity contribution in [2.75, 3.05) is 10.6 Å². The molecule has 0 radical (unpaired) electrons. The third-order valence-corrected chi connectivity index (χ3v) is 5.07. The van der Waals surface area contributed by atoms with Crippen molar-refractivity contribution in [1.82, 2.24) is 9.97 Å². The third-order valence-electron chi connectivity index (χ3n) is 5.07. The largest absolute Gasteiger partial charge is 0.339 e. The SMILES string of the molecule is CC.O=C1Nc2ccccc2C(c2ccccc2)=NC1Nc1cnc(-c2ccc(F)cc2)cn1. The summed E-state index contributed by atoms with van der Waals surface area (Å²) in [6.07, 6.45) is 2.20. The Hall–Kier alpha value is -4.39. The minimum atomic E-state index is -0.899. The molecule has 170 valence electrons. The lowest BCUT2D eigenvalue weighted by Gasteiger charge is -2.14. The van der Waals surface area contributed by atoms with Gasteiger partial charge in [-0.1, -0.05) is 62.4 Å². The molecular formula is C27H24FN5O. The number of carbonyl (C=O) groups excluding carboxylic acids is 1. The number of amides is 1. The van der Waals surface area contributed by atoms with Gasteiger partial charge in [0.25, 0.3) is 5.91 Å². The first kappa shape index (κ1) is 22.8. The molecule has 0 bridgehead atoms. The van der Waals surface area contributed by atoms with Crippen LogP contribution in [0.1, 0.15) is 25.0 Å². The zero-order valence-corrected chi connectivity index (χ0v) is 18.9. The average molecular weight is 454 g/mol. The predicted molar refractivity (Wildman–Crippen MR) is 133 cm³/mol. The van der Waals surface area contributed by atoms with Crippen molar-refractivity contribution in [3.05, 3.63) is 108 Å². The van der Waals surface area contributed by atoms with E-state index >= 15 is 0 Å². The molecule has 1 atom stereocenters. The summed E-state index contributed by atoms with van der Waals surface area (Å²) in [4.78, 5) is 26.4. The number of nitrogens with zero attached hydrogens (tertiary/aromatic N) is 3. The van der Waals surface area contributed by atoms with E-state index in [1.807, 2.05) is 68.4 Å². The fourth-order valence-corrected chi connectivity index (χ4v) is 3.49. The van der Waals surface area contributed by atoms with E-state index < -0.39 is 6.17 Å². The molecule has 0 fully saturated rings. The molecule has 1 aliphatic heterocycles. The van der Waals surface area contributed by atoms with E-state index in [0.29, 0.717) is 22.9 Å². The molecular weight excluding hydrogens is 429 g/mol. The number of para-hydroxylation sites is 1. The summed E-state index contributed by atoms with van der Waals surface area (Å²) in [5.74, 6) is -0.210. The molecule has 1 amide bonds. The van der Waals surface area contributed by atoms with Crippen LogP contribution in [0.4, 0.5) is 15.9 Å². The Kier molecular flexibility index (Phi) is 7.03. The lowest BCUT2D eigenvalue weighted by molar-refractivity contribution is -0.116. The first-order valence-electron chi connectivity index (χ1n) is 11.1. The molecule has 0 spiro atoms. The van der Waals surface area contributed by atoms with Crippen molar-refractivity contribution < 1.29 is 9.18 Å². The Bertz CT molecular complexity index is 1290. The fourth-order valence-electron chi connectivity index (χ4n) is 3.49. The maximum Gasteiger partial charge on any atom is 0.269 e. The molecule has 0 saturated heterocycles. The number of benzene rings is 3. The van der Waals surface area contributed by atoms with E-state index in [0.717, 1.165) is 16.7 Å². The lowest BCUT2D eigenvalue weighted by atomic mass is 10.0. The Labute approximate surface area is 197 Å². The summed E-state index contributed by atoms with van der Waals surface area (Å²) < 4.78 is 13.2. The van der Waals surface area contributed by atoms with Gasteiger partial charge in [0.1, 0.15) is 11.6 Å². The van der Waals surface area contributed by atoms with Crippen molar-refractivity contribution in [3.8, 4) is 11.3 Å². The summed E-state index contributed by atoms with van der Waals surface area (Å²) in [5, 5.41) is 6.00. The second-order valence-corrected chi connectivity index (χ2v) is 7.22. The zero-order chi connectivity index (χ0) is 23.9. The topological polar surface area (TPSA) is 79.3 Å². The van der Waals surface area contributed by atoms with E-state index in [9.17, 15) is 9.18 Å². The number of rotatable bonds is 4. The van der Waals surface area contributed by atoms with Gasteiger partial charge in [-0.3, -0.25) is 9.78 Å². The number of anilines is 2. The second kappa shape index (κ2) is 10.5. The van der Waals surface area contributed by atoms with Gasteiger partial charge in [-0.05, 0) is 30.3 Å². The highest BCUT2D eigenvalue weighted by molar-refractivity contribution is 6.19. The molecule has 5 rings (SSSR count). The van der Waals surface area contributed by atoms with E-state index in [2.05, 4.69) is 20.6 Å². The lowest BCUT2D eigenvalue weighted by Crippen LogP contribution is -2.33. The Balaban J connectivity index is 0.00000133. The van der Waals surface area contributed by atoms with Crippen LogP contribution in [0, 0.1) is 5.82 Å². The highest BCUT2D eigenvalue weighted by atomic mass is 19.1. The standard InChI is InChI=1S/C25H18FN5O.C2H6/c26-18-12-10-16(11-13-18)21-14-28-22(15-27-21)30-24-25(32)29-20-9-5-4-8-19(20)23(31-24)17-6-2-1-3-7-17;1-2/h1-15,24H,(H,28,30)(H,29,32);1-2H3. The van der Waals surface area contributed by atoms with Crippen LogP contribution in [0.25, 0.3) is 11.3 Å². The van der Waals surface area contributed by atoms with Crippen LogP contribution in [0.2, 0.25) is 0 Å². The molecule has 1 unspecified atom stereocenters. The summed E-state index contributed by atoms with van der Waals surface area (Å²) >= 11 is 0. The van der Waals surface area contributed by atoms with Crippen molar-refractivity contribution in [1.29, 1.82) is 0 Å². The number of hydrogen-bond acceptors (Lipinski definition) is 5. The Morgan fingerprint density at radius 3 is 2.24 bits per heavy atom. The van der Waals surface area contributed by atoms with Crippen LogP contribution in [0.15, 0.2) is 96.2 Å². The van der Waals surface area contributed by atoms with Crippen LogP contribution in [-0.2, 0) is 4.79 Å². The first-order valence-corrected chi connectivity index (χ1v) is 11.1. The zero-order valence-electron chi connectivity index (χ0n) is 18.9. The van der Waals surface area contributed by atoms with Gasteiger partial charge in [0.15, 0.2) is 0 Å².